The minimum Gasteiger partial charge on any atom is -0.491 e. The average Bonchev–Trinajstić information content (AvgIpc) is 2.77. The number of hydrogen-bond donors (Lipinski definition) is 2. The van der Waals surface area contributed by atoms with E-state index >= 15 is 0 Å². The Labute approximate surface area is 142 Å². The molecule has 1 aliphatic heterocycles. The second-order valence-electron chi connectivity index (χ2n) is 5.97. The van der Waals surface area contributed by atoms with Crippen LogP contribution in [0.2, 0.25) is 5.02 Å². The Morgan fingerprint density at radius 2 is 2.13 bits per heavy atom. The van der Waals surface area contributed by atoms with Gasteiger partial charge in [-0.05, 0) is 47.4 Å². The Kier molecular flexibility index (Phi) is 5.09. The van der Waals surface area contributed by atoms with E-state index in [-0.39, 0.29) is 12.5 Å². The molecule has 4 heteroatoms. The predicted octanol–water partition coefficient (Wildman–Crippen LogP) is 4.37. The lowest BCUT2D eigenvalue weighted by molar-refractivity contribution is 0.281. The Hall–Kier alpha value is -1.71. The highest BCUT2D eigenvalue weighted by Gasteiger charge is 2.21. The summed E-state index contributed by atoms with van der Waals surface area (Å²) in [5.74, 6) is 1.12. The van der Waals surface area contributed by atoms with Gasteiger partial charge < -0.3 is 15.2 Å². The second kappa shape index (κ2) is 7.24. The molecule has 1 heterocycles. The lowest BCUT2D eigenvalue weighted by Gasteiger charge is -2.18. The van der Waals surface area contributed by atoms with Gasteiger partial charge in [0.15, 0.2) is 0 Å². The van der Waals surface area contributed by atoms with E-state index in [0.717, 1.165) is 41.4 Å². The summed E-state index contributed by atoms with van der Waals surface area (Å²) >= 11 is 6.16. The van der Waals surface area contributed by atoms with Gasteiger partial charge in [0.1, 0.15) is 5.75 Å². The molecule has 3 rings (SSSR count). The highest BCUT2D eigenvalue weighted by atomic mass is 35.5. The van der Waals surface area contributed by atoms with Gasteiger partial charge in [0, 0.05) is 17.5 Å². The van der Waals surface area contributed by atoms with Gasteiger partial charge in [0.05, 0.1) is 18.9 Å². The summed E-state index contributed by atoms with van der Waals surface area (Å²) in [5, 5.41) is 13.5. The van der Waals surface area contributed by atoms with E-state index in [0.29, 0.717) is 6.61 Å². The van der Waals surface area contributed by atoms with Crippen molar-refractivity contribution in [2.24, 2.45) is 0 Å². The molecule has 2 aromatic carbocycles. The number of hydrogen-bond acceptors (Lipinski definition) is 3. The first-order valence-electron chi connectivity index (χ1n) is 8.10. The molecule has 23 heavy (non-hydrogen) atoms. The van der Waals surface area contributed by atoms with Crippen molar-refractivity contribution in [2.75, 3.05) is 18.5 Å². The first-order valence-corrected chi connectivity index (χ1v) is 8.47. The molecular weight excluding hydrogens is 310 g/mol. The van der Waals surface area contributed by atoms with Crippen LogP contribution in [0, 0.1) is 0 Å². The fraction of sp³-hybridized carbons (Fsp3) is 0.368. The van der Waals surface area contributed by atoms with Crippen LogP contribution in [0.15, 0.2) is 36.4 Å². The van der Waals surface area contributed by atoms with Crippen LogP contribution in [0.4, 0.5) is 5.69 Å². The minimum atomic E-state index is 0.0379. The van der Waals surface area contributed by atoms with Crippen LogP contribution < -0.4 is 10.1 Å². The third kappa shape index (κ3) is 3.62. The van der Waals surface area contributed by atoms with Gasteiger partial charge in [-0.2, -0.15) is 0 Å². The van der Waals surface area contributed by atoms with Crippen LogP contribution in [0.5, 0.6) is 5.75 Å². The topological polar surface area (TPSA) is 41.5 Å². The monoisotopic (exact) mass is 331 g/mol. The van der Waals surface area contributed by atoms with Crippen molar-refractivity contribution in [1.82, 2.24) is 0 Å². The predicted molar refractivity (Wildman–Crippen MR) is 94.5 cm³/mol. The zero-order chi connectivity index (χ0) is 16.2. The summed E-state index contributed by atoms with van der Waals surface area (Å²) in [6, 6.07) is 11.9. The van der Waals surface area contributed by atoms with E-state index in [2.05, 4.69) is 24.4 Å². The molecule has 0 amide bonds. The van der Waals surface area contributed by atoms with Gasteiger partial charge >= 0.3 is 0 Å². The quantitative estimate of drug-likeness (QED) is 0.874. The number of benzene rings is 2. The fourth-order valence-electron chi connectivity index (χ4n) is 3.08. The van der Waals surface area contributed by atoms with E-state index in [9.17, 15) is 5.11 Å². The van der Waals surface area contributed by atoms with Crippen LogP contribution in [0.25, 0.3) is 0 Å². The first kappa shape index (κ1) is 16.2. The molecule has 0 aromatic heterocycles. The second-order valence-corrected chi connectivity index (χ2v) is 6.41. The Bertz CT molecular complexity index is 687. The molecule has 3 nitrogen and oxygen atoms in total. The van der Waals surface area contributed by atoms with Gasteiger partial charge in [-0.15, -0.1) is 0 Å². The number of aliphatic hydroxyl groups is 1. The number of aryl methyl sites for hydroxylation is 1. The third-order valence-electron chi connectivity index (χ3n) is 4.27. The maximum atomic E-state index is 9.28. The molecule has 1 aliphatic rings. The van der Waals surface area contributed by atoms with Crippen LogP contribution in [-0.2, 0) is 13.0 Å². The van der Waals surface area contributed by atoms with Crippen molar-refractivity contribution < 1.29 is 9.84 Å². The highest BCUT2D eigenvalue weighted by molar-refractivity contribution is 6.30. The zero-order valence-corrected chi connectivity index (χ0v) is 14.1. The lowest BCUT2D eigenvalue weighted by Crippen LogP contribution is -2.17. The Morgan fingerprint density at radius 3 is 2.91 bits per heavy atom. The average molecular weight is 332 g/mol. The molecule has 0 spiro atoms. The normalized spacial score (nSPS) is 16.9. The van der Waals surface area contributed by atoms with E-state index in [4.69, 9.17) is 16.3 Å². The number of rotatable bonds is 4. The van der Waals surface area contributed by atoms with Gasteiger partial charge in [-0.3, -0.25) is 0 Å². The molecule has 122 valence electrons. The van der Waals surface area contributed by atoms with Gasteiger partial charge in [0.2, 0.25) is 0 Å². The van der Waals surface area contributed by atoms with Crippen molar-refractivity contribution in [3.8, 4) is 5.75 Å². The Morgan fingerprint density at radius 1 is 1.26 bits per heavy atom. The van der Waals surface area contributed by atoms with Crippen LogP contribution in [0.1, 0.15) is 36.0 Å². The standard InChI is InChI=1S/C19H22ClNO2/c1-2-3-14-9-16(20)5-6-17(14)15-10-21-18-8-13(11-22)4-7-19(18)23-12-15/h4-9,15,21-22H,2-3,10-12H2,1H3. The van der Waals surface area contributed by atoms with E-state index in [1.807, 2.05) is 24.3 Å². The molecule has 0 saturated heterocycles. The molecule has 2 N–H and O–H groups in total. The largest absolute Gasteiger partial charge is 0.491 e. The SMILES string of the molecule is CCCc1cc(Cl)ccc1C1CNc2cc(CO)ccc2OC1. The molecule has 0 fully saturated rings. The number of aliphatic hydroxyl groups excluding tert-OH is 1. The summed E-state index contributed by atoms with van der Waals surface area (Å²) in [6.07, 6.45) is 2.11. The van der Waals surface area contributed by atoms with E-state index in [1.54, 1.807) is 0 Å². The first-order chi connectivity index (χ1) is 11.2. The van der Waals surface area contributed by atoms with E-state index in [1.165, 1.54) is 11.1 Å². The summed E-state index contributed by atoms with van der Waals surface area (Å²) in [7, 11) is 0. The third-order valence-corrected chi connectivity index (χ3v) is 4.50. The number of anilines is 1. The van der Waals surface area contributed by atoms with E-state index < -0.39 is 0 Å². The van der Waals surface area contributed by atoms with Crippen molar-refractivity contribution in [2.45, 2.75) is 32.3 Å². The zero-order valence-electron chi connectivity index (χ0n) is 13.3. The molecular formula is C19H22ClNO2. The number of halogens is 1. The Balaban J connectivity index is 1.84. The summed E-state index contributed by atoms with van der Waals surface area (Å²) < 4.78 is 6.00. The summed E-state index contributed by atoms with van der Waals surface area (Å²) in [5.41, 5.74) is 4.44. The maximum Gasteiger partial charge on any atom is 0.142 e. The lowest BCUT2D eigenvalue weighted by atomic mass is 9.92. The van der Waals surface area contributed by atoms with Crippen molar-refractivity contribution >= 4 is 17.3 Å². The fourth-order valence-corrected chi connectivity index (χ4v) is 3.27. The maximum absolute atomic E-state index is 9.28. The summed E-state index contributed by atoms with van der Waals surface area (Å²) in [4.78, 5) is 0. The molecule has 1 atom stereocenters. The minimum absolute atomic E-state index is 0.0379. The molecule has 1 unspecified atom stereocenters. The van der Waals surface area contributed by atoms with Gasteiger partial charge in [0.25, 0.3) is 0 Å². The highest BCUT2D eigenvalue weighted by Crippen LogP contribution is 2.33. The number of fused-ring (bicyclic) bond motifs is 1. The summed E-state index contributed by atoms with van der Waals surface area (Å²) in [6.45, 7) is 3.66. The molecule has 2 aromatic rings. The molecule has 0 radical (unpaired) electrons. The number of nitrogens with one attached hydrogen (secondary N) is 1. The molecule has 0 aliphatic carbocycles. The van der Waals surface area contributed by atoms with Crippen LogP contribution >= 0.6 is 11.6 Å². The molecule has 0 bridgehead atoms. The van der Waals surface area contributed by atoms with Crippen LogP contribution in [-0.4, -0.2) is 18.3 Å². The van der Waals surface area contributed by atoms with Crippen molar-refractivity contribution in [1.29, 1.82) is 0 Å². The van der Waals surface area contributed by atoms with Crippen LogP contribution in [0.3, 0.4) is 0 Å². The molecule has 0 saturated carbocycles. The van der Waals surface area contributed by atoms with Crippen molar-refractivity contribution in [3.63, 3.8) is 0 Å². The van der Waals surface area contributed by atoms with Crippen molar-refractivity contribution in [3.05, 3.63) is 58.1 Å². The number of ether oxygens (including phenoxy) is 1. The van der Waals surface area contributed by atoms with Gasteiger partial charge in [-0.1, -0.05) is 37.1 Å². The van der Waals surface area contributed by atoms with Gasteiger partial charge in [-0.25, -0.2) is 0 Å². The smallest absolute Gasteiger partial charge is 0.142 e.